The number of fused-ring (bicyclic) bond motifs is 1. The highest BCUT2D eigenvalue weighted by molar-refractivity contribution is 7.99. The van der Waals surface area contributed by atoms with Crippen LogP contribution in [0.2, 0.25) is 0 Å². The van der Waals surface area contributed by atoms with Crippen molar-refractivity contribution in [3.8, 4) is 0 Å². The minimum atomic E-state index is -0.0235. The second-order valence-corrected chi connectivity index (χ2v) is 6.60. The molecule has 1 atom stereocenters. The predicted molar refractivity (Wildman–Crippen MR) is 90.5 cm³/mol. The van der Waals surface area contributed by atoms with Gasteiger partial charge in [0, 0.05) is 36.6 Å². The number of thioether (sulfide) groups is 1. The van der Waals surface area contributed by atoms with Crippen molar-refractivity contribution < 1.29 is 4.79 Å². The highest BCUT2D eigenvalue weighted by Gasteiger charge is 2.30. The van der Waals surface area contributed by atoms with Crippen LogP contribution in [0, 0.1) is 0 Å². The molecule has 5 nitrogen and oxygen atoms in total. The van der Waals surface area contributed by atoms with Crippen LogP contribution in [0.3, 0.4) is 0 Å². The van der Waals surface area contributed by atoms with E-state index in [1.165, 1.54) is 5.56 Å². The van der Waals surface area contributed by atoms with Gasteiger partial charge in [0.15, 0.2) is 0 Å². The molecule has 1 fully saturated rings. The number of imidazole rings is 1. The van der Waals surface area contributed by atoms with Crippen LogP contribution < -0.4 is 0 Å². The predicted octanol–water partition coefficient (Wildman–Crippen LogP) is 2.66. The van der Waals surface area contributed by atoms with E-state index >= 15 is 0 Å². The van der Waals surface area contributed by atoms with Gasteiger partial charge in [0.2, 0.25) is 5.78 Å². The monoisotopic (exact) mass is 324 g/mol. The van der Waals surface area contributed by atoms with Crippen molar-refractivity contribution in [2.24, 2.45) is 0 Å². The lowest BCUT2D eigenvalue weighted by molar-refractivity contribution is 0.0696. The van der Waals surface area contributed by atoms with Crippen LogP contribution in [0.4, 0.5) is 0 Å². The summed E-state index contributed by atoms with van der Waals surface area (Å²) >= 11 is 1.89. The molecule has 0 bridgehead atoms. The van der Waals surface area contributed by atoms with E-state index in [0.29, 0.717) is 11.5 Å². The zero-order chi connectivity index (χ0) is 15.6. The summed E-state index contributed by atoms with van der Waals surface area (Å²) in [6, 6.07) is 12.1. The van der Waals surface area contributed by atoms with Crippen LogP contribution in [-0.4, -0.2) is 43.2 Å². The number of hydrogen-bond acceptors (Lipinski definition) is 4. The molecule has 23 heavy (non-hydrogen) atoms. The second kappa shape index (κ2) is 6.04. The van der Waals surface area contributed by atoms with Gasteiger partial charge in [-0.1, -0.05) is 30.3 Å². The van der Waals surface area contributed by atoms with Crippen LogP contribution >= 0.6 is 11.8 Å². The molecule has 1 aromatic carbocycles. The molecule has 116 valence electrons. The molecule has 3 heterocycles. The van der Waals surface area contributed by atoms with Gasteiger partial charge in [0.05, 0.1) is 6.04 Å². The van der Waals surface area contributed by atoms with Gasteiger partial charge in [-0.3, -0.25) is 9.20 Å². The van der Waals surface area contributed by atoms with Crippen LogP contribution in [0.5, 0.6) is 0 Å². The molecular formula is C17H16N4OS. The van der Waals surface area contributed by atoms with E-state index in [1.54, 1.807) is 16.8 Å². The minimum absolute atomic E-state index is 0.0235. The van der Waals surface area contributed by atoms with Gasteiger partial charge in [0.25, 0.3) is 5.91 Å². The number of benzene rings is 1. The summed E-state index contributed by atoms with van der Waals surface area (Å²) in [7, 11) is 0. The van der Waals surface area contributed by atoms with Crippen molar-refractivity contribution in [3.05, 3.63) is 66.2 Å². The first-order valence-corrected chi connectivity index (χ1v) is 8.72. The lowest BCUT2D eigenvalue weighted by Crippen LogP contribution is -2.40. The maximum Gasteiger partial charge on any atom is 0.274 e. The fourth-order valence-electron chi connectivity index (χ4n) is 2.88. The zero-order valence-corrected chi connectivity index (χ0v) is 13.3. The second-order valence-electron chi connectivity index (χ2n) is 5.45. The lowest BCUT2D eigenvalue weighted by Gasteiger charge is -2.35. The summed E-state index contributed by atoms with van der Waals surface area (Å²) in [5, 5.41) is 0. The van der Waals surface area contributed by atoms with E-state index in [-0.39, 0.29) is 11.9 Å². The molecule has 4 rings (SSSR count). The number of hydrogen-bond donors (Lipinski definition) is 0. The highest BCUT2D eigenvalue weighted by atomic mass is 32.2. The minimum Gasteiger partial charge on any atom is -0.329 e. The number of rotatable bonds is 2. The van der Waals surface area contributed by atoms with E-state index < -0.39 is 0 Å². The van der Waals surface area contributed by atoms with Crippen LogP contribution in [-0.2, 0) is 0 Å². The van der Waals surface area contributed by atoms with E-state index in [4.69, 9.17) is 0 Å². The van der Waals surface area contributed by atoms with Crippen molar-refractivity contribution in [2.75, 3.05) is 18.1 Å². The normalized spacial score (nSPS) is 18.3. The van der Waals surface area contributed by atoms with Gasteiger partial charge >= 0.3 is 0 Å². The zero-order valence-electron chi connectivity index (χ0n) is 12.5. The third-order valence-corrected chi connectivity index (χ3v) is 5.05. The van der Waals surface area contributed by atoms with E-state index in [9.17, 15) is 4.79 Å². The molecule has 0 unspecified atom stereocenters. The topological polar surface area (TPSA) is 50.5 Å². The molecule has 0 saturated carbocycles. The quantitative estimate of drug-likeness (QED) is 0.727. The van der Waals surface area contributed by atoms with Gasteiger partial charge in [-0.25, -0.2) is 9.97 Å². The molecule has 0 radical (unpaired) electrons. The Bertz CT molecular complexity index is 800. The standard InChI is InChI=1S/C17H16N4OS/c22-16(14-11-20-8-4-7-18-17(20)19-14)21-9-10-23-12-15(21)13-5-2-1-3-6-13/h1-8,11,15H,9-10,12H2/t15-/m0/s1. The summed E-state index contributed by atoms with van der Waals surface area (Å²) in [6.07, 6.45) is 5.29. The molecule has 1 aliphatic heterocycles. The first-order chi connectivity index (χ1) is 11.3. The lowest BCUT2D eigenvalue weighted by atomic mass is 10.1. The van der Waals surface area contributed by atoms with Gasteiger partial charge in [-0.05, 0) is 11.6 Å². The fourth-order valence-corrected chi connectivity index (χ4v) is 3.97. The Morgan fingerprint density at radius 3 is 2.91 bits per heavy atom. The molecule has 0 spiro atoms. The third kappa shape index (κ3) is 2.70. The first-order valence-electron chi connectivity index (χ1n) is 7.56. The Balaban J connectivity index is 1.67. The Labute approximate surface area is 138 Å². The van der Waals surface area contributed by atoms with E-state index in [2.05, 4.69) is 22.1 Å². The molecule has 1 amide bonds. The summed E-state index contributed by atoms with van der Waals surface area (Å²) in [5.41, 5.74) is 1.63. The SMILES string of the molecule is O=C(c1cn2cccnc2n1)N1CCSC[C@H]1c1ccccc1. The molecule has 1 saturated heterocycles. The van der Waals surface area contributed by atoms with Gasteiger partial charge in [-0.2, -0.15) is 11.8 Å². The van der Waals surface area contributed by atoms with Gasteiger partial charge in [0.1, 0.15) is 5.69 Å². The number of nitrogens with zero attached hydrogens (tertiary/aromatic N) is 4. The van der Waals surface area contributed by atoms with E-state index in [1.807, 2.05) is 47.1 Å². The largest absolute Gasteiger partial charge is 0.329 e. The highest BCUT2D eigenvalue weighted by Crippen LogP contribution is 2.30. The fraction of sp³-hybridized carbons (Fsp3) is 0.235. The van der Waals surface area contributed by atoms with Crippen molar-refractivity contribution in [1.29, 1.82) is 0 Å². The number of carbonyl (C=O) groups excluding carboxylic acids is 1. The summed E-state index contributed by atoms with van der Waals surface area (Å²) in [4.78, 5) is 23.5. The first kappa shape index (κ1) is 14.3. The molecule has 0 N–H and O–H groups in total. The summed E-state index contributed by atoms with van der Waals surface area (Å²) < 4.78 is 1.78. The maximum absolute atomic E-state index is 13.0. The van der Waals surface area contributed by atoms with Crippen molar-refractivity contribution in [1.82, 2.24) is 19.3 Å². The summed E-state index contributed by atoms with van der Waals surface area (Å²) in [5.74, 6) is 2.41. The number of aromatic nitrogens is 3. The van der Waals surface area contributed by atoms with Crippen molar-refractivity contribution in [3.63, 3.8) is 0 Å². The van der Waals surface area contributed by atoms with Crippen molar-refractivity contribution >= 4 is 23.4 Å². The average molecular weight is 324 g/mol. The molecule has 2 aromatic heterocycles. The van der Waals surface area contributed by atoms with Crippen LogP contribution in [0.25, 0.3) is 5.78 Å². The Morgan fingerprint density at radius 2 is 2.09 bits per heavy atom. The van der Waals surface area contributed by atoms with Crippen molar-refractivity contribution in [2.45, 2.75) is 6.04 Å². The van der Waals surface area contributed by atoms with E-state index in [0.717, 1.165) is 18.1 Å². The third-order valence-electron chi connectivity index (χ3n) is 4.03. The van der Waals surface area contributed by atoms with Crippen LogP contribution in [0.15, 0.2) is 55.0 Å². The van der Waals surface area contributed by atoms with Gasteiger partial charge < -0.3 is 4.90 Å². The van der Waals surface area contributed by atoms with Crippen LogP contribution in [0.1, 0.15) is 22.1 Å². The number of carbonyl (C=O) groups is 1. The Kier molecular flexibility index (Phi) is 3.75. The molecule has 3 aromatic rings. The Hall–Kier alpha value is -2.34. The Morgan fingerprint density at radius 1 is 1.22 bits per heavy atom. The van der Waals surface area contributed by atoms with Gasteiger partial charge in [-0.15, -0.1) is 0 Å². The smallest absolute Gasteiger partial charge is 0.274 e. The molecule has 6 heteroatoms. The molecular weight excluding hydrogens is 308 g/mol. The molecule has 0 aliphatic carbocycles. The maximum atomic E-state index is 13.0. The average Bonchev–Trinajstić information content (AvgIpc) is 3.06. The summed E-state index contributed by atoms with van der Waals surface area (Å²) in [6.45, 7) is 0.740. The number of amides is 1. The molecule has 1 aliphatic rings.